The van der Waals surface area contributed by atoms with Crippen molar-refractivity contribution in [2.24, 2.45) is 0 Å². The second-order valence-electron chi connectivity index (χ2n) is 6.37. The van der Waals surface area contributed by atoms with Gasteiger partial charge in [-0.15, -0.1) is 0 Å². The highest BCUT2D eigenvalue weighted by Crippen LogP contribution is 2.44. The van der Waals surface area contributed by atoms with E-state index in [-0.39, 0.29) is 17.4 Å². The van der Waals surface area contributed by atoms with Crippen LogP contribution in [0.5, 0.6) is 0 Å². The molecule has 3 rings (SSSR count). The van der Waals surface area contributed by atoms with Crippen molar-refractivity contribution in [1.82, 2.24) is 5.32 Å². The van der Waals surface area contributed by atoms with E-state index in [1.54, 1.807) is 6.92 Å². The predicted molar refractivity (Wildman–Crippen MR) is 95.1 cm³/mol. The van der Waals surface area contributed by atoms with Gasteiger partial charge >= 0.3 is 0 Å². The highest BCUT2D eigenvalue weighted by Gasteiger charge is 2.37. The maximum absolute atomic E-state index is 11.6. The Balaban J connectivity index is 2.06. The van der Waals surface area contributed by atoms with E-state index in [2.05, 4.69) is 24.4 Å². The summed E-state index contributed by atoms with van der Waals surface area (Å²) in [5.41, 5.74) is 3.26. The van der Waals surface area contributed by atoms with Crippen LogP contribution in [0.4, 0.5) is 0 Å². The molecule has 0 saturated carbocycles. The third-order valence-electron chi connectivity index (χ3n) is 4.66. The van der Waals surface area contributed by atoms with Crippen LogP contribution in [0.2, 0.25) is 10.0 Å². The summed E-state index contributed by atoms with van der Waals surface area (Å²) in [6.45, 7) is 3.66. The fraction of sp³-hybridized carbons (Fsp3) is 0.316. The minimum atomic E-state index is -0.324. The van der Waals surface area contributed by atoms with E-state index in [1.165, 1.54) is 11.1 Å². The first-order valence-electron chi connectivity index (χ1n) is 7.74. The molecule has 1 N–H and O–H groups in total. The molecular formula is C19H19Cl2NO. The summed E-state index contributed by atoms with van der Waals surface area (Å²) in [6, 6.07) is 14.2. The van der Waals surface area contributed by atoms with Crippen molar-refractivity contribution in [2.45, 2.75) is 38.1 Å². The van der Waals surface area contributed by atoms with Crippen LogP contribution in [0.3, 0.4) is 0 Å². The minimum Gasteiger partial charge on any atom is -0.347 e. The zero-order chi connectivity index (χ0) is 16.6. The molecule has 2 nitrogen and oxygen atoms in total. The van der Waals surface area contributed by atoms with E-state index in [4.69, 9.17) is 23.2 Å². The lowest BCUT2D eigenvalue weighted by atomic mass is 9.70. The Labute approximate surface area is 146 Å². The van der Waals surface area contributed by atoms with Gasteiger partial charge in [0, 0.05) is 12.8 Å². The Hall–Kier alpha value is -1.51. The van der Waals surface area contributed by atoms with Gasteiger partial charge in [-0.05, 0) is 48.6 Å². The van der Waals surface area contributed by atoms with E-state index in [1.807, 2.05) is 30.3 Å². The Bertz CT molecular complexity index is 759. The molecule has 2 atom stereocenters. The van der Waals surface area contributed by atoms with Crippen molar-refractivity contribution >= 4 is 29.1 Å². The van der Waals surface area contributed by atoms with Gasteiger partial charge in [-0.3, -0.25) is 4.79 Å². The van der Waals surface area contributed by atoms with E-state index in [0.29, 0.717) is 10.0 Å². The lowest BCUT2D eigenvalue weighted by Crippen LogP contribution is -2.45. The number of benzene rings is 2. The smallest absolute Gasteiger partial charge is 0.217 e. The summed E-state index contributed by atoms with van der Waals surface area (Å²) < 4.78 is 0. The highest BCUT2D eigenvalue weighted by atomic mass is 35.5. The van der Waals surface area contributed by atoms with Crippen LogP contribution < -0.4 is 5.32 Å². The standard InChI is InChI=1S/C19H19Cl2NO/c1-12(23)22-19(2)10-9-14(15-5-3-4-6-16(15)19)13-7-8-17(20)18(21)11-13/h3-8,11,14H,9-10H2,1-2H3,(H,22,23)/t14?,19-/m0/s1. The van der Waals surface area contributed by atoms with Crippen molar-refractivity contribution in [3.63, 3.8) is 0 Å². The average molecular weight is 348 g/mol. The number of halogens is 2. The summed E-state index contributed by atoms with van der Waals surface area (Å²) in [6.07, 6.45) is 1.83. The van der Waals surface area contributed by atoms with Crippen molar-refractivity contribution in [3.8, 4) is 0 Å². The topological polar surface area (TPSA) is 29.1 Å². The lowest BCUT2D eigenvalue weighted by molar-refractivity contribution is -0.121. The first-order valence-corrected chi connectivity index (χ1v) is 8.49. The molecule has 0 aliphatic heterocycles. The monoisotopic (exact) mass is 347 g/mol. The summed E-state index contributed by atoms with van der Waals surface area (Å²) in [4.78, 5) is 11.6. The molecule has 1 aliphatic carbocycles. The summed E-state index contributed by atoms with van der Waals surface area (Å²) in [5, 5.41) is 4.27. The Morgan fingerprint density at radius 2 is 1.91 bits per heavy atom. The third-order valence-corrected chi connectivity index (χ3v) is 5.40. The Morgan fingerprint density at radius 1 is 1.17 bits per heavy atom. The molecule has 0 spiro atoms. The highest BCUT2D eigenvalue weighted by molar-refractivity contribution is 6.42. The molecule has 0 heterocycles. The van der Waals surface area contributed by atoms with E-state index >= 15 is 0 Å². The second-order valence-corrected chi connectivity index (χ2v) is 7.18. The molecule has 0 saturated heterocycles. The van der Waals surface area contributed by atoms with Crippen LogP contribution >= 0.6 is 23.2 Å². The van der Waals surface area contributed by atoms with Crippen molar-refractivity contribution in [2.75, 3.05) is 0 Å². The maximum Gasteiger partial charge on any atom is 0.217 e. The SMILES string of the molecule is CC(=O)N[C@@]1(C)CCC(c2ccc(Cl)c(Cl)c2)c2ccccc21. The molecule has 0 radical (unpaired) electrons. The number of hydrogen-bond acceptors (Lipinski definition) is 1. The van der Waals surface area contributed by atoms with Crippen molar-refractivity contribution in [3.05, 3.63) is 69.2 Å². The summed E-state index contributed by atoms with van der Waals surface area (Å²) in [5.74, 6) is 0.262. The van der Waals surface area contributed by atoms with Crippen LogP contribution in [0, 0.1) is 0 Å². The van der Waals surface area contributed by atoms with Gasteiger partial charge in [0.15, 0.2) is 0 Å². The molecule has 1 aliphatic rings. The van der Waals surface area contributed by atoms with Gasteiger partial charge in [0.25, 0.3) is 0 Å². The van der Waals surface area contributed by atoms with Gasteiger partial charge in [-0.25, -0.2) is 0 Å². The minimum absolute atomic E-state index is 0.00436. The van der Waals surface area contributed by atoms with Gasteiger partial charge in [0.2, 0.25) is 5.91 Å². The molecule has 0 aromatic heterocycles. The van der Waals surface area contributed by atoms with Gasteiger partial charge in [0.05, 0.1) is 15.6 Å². The molecule has 4 heteroatoms. The van der Waals surface area contributed by atoms with E-state index in [9.17, 15) is 4.79 Å². The largest absolute Gasteiger partial charge is 0.347 e. The lowest BCUT2D eigenvalue weighted by Gasteiger charge is -2.40. The molecule has 1 amide bonds. The van der Waals surface area contributed by atoms with Crippen LogP contribution in [-0.4, -0.2) is 5.91 Å². The molecule has 2 aromatic carbocycles. The maximum atomic E-state index is 11.6. The van der Waals surface area contributed by atoms with Gasteiger partial charge < -0.3 is 5.32 Å². The molecule has 23 heavy (non-hydrogen) atoms. The van der Waals surface area contributed by atoms with E-state index < -0.39 is 0 Å². The number of amides is 1. The molecule has 2 aromatic rings. The zero-order valence-corrected chi connectivity index (χ0v) is 14.7. The number of nitrogens with one attached hydrogen (secondary N) is 1. The van der Waals surface area contributed by atoms with Crippen LogP contribution in [0.15, 0.2) is 42.5 Å². The number of carbonyl (C=O) groups is 1. The van der Waals surface area contributed by atoms with Gasteiger partial charge in [0.1, 0.15) is 0 Å². The van der Waals surface area contributed by atoms with Crippen LogP contribution in [0.1, 0.15) is 49.3 Å². The molecular weight excluding hydrogens is 329 g/mol. The summed E-state index contributed by atoms with van der Waals surface area (Å²) in [7, 11) is 0. The first kappa shape index (κ1) is 16.4. The fourth-order valence-electron chi connectivity index (χ4n) is 3.62. The quantitative estimate of drug-likeness (QED) is 0.787. The Kier molecular flexibility index (Phi) is 4.39. The fourth-order valence-corrected chi connectivity index (χ4v) is 3.93. The van der Waals surface area contributed by atoms with Gasteiger partial charge in [-0.1, -0.05) is 53.5 Å². The Morgan fingerprint density at radius 3 is 2.61 bits per heavy atom. The van der Waals surface area contributed by atoms with Crippen molar-refractivity contribution in [1.29, 1.82) is 0 Å². The molecule has 0 bridgehead atoms. The molecule has 1 unspecified atom stereocenters. The van der Waals surface area contributed by atoms with Gasteiger partial charge in [-0.2, -0.15) is 0 Å². The van der Waals surface area contributed by atoms with Crippen molar-refractivity contribution < 1.29 is 4.79 Å². The average Bonchev–Trinajstić information content (AvgIpc) is 2.50. The first-order chi connectivity index (χ1) is 10.9. The third kappa shape index (κ3) is 3.11. The number of fused-ring (bicyclic) bond motifs is 1. The summed E-state index contributed by atoms with van der Waals surface area (Å²) >= 11 is 12.2. The van der Waals surface area contributed by atoms with Crippen LogP contribution in [-0.2, 0) is 10.3 Å². The van der Waals surface area contributed by atoms with E-state index in [0.717, 1.165) is 18.4 Å². The van der Waals surface area contributed by atoms with Crippen LogP contribution in [0.25, 0.3) is 0 Å². The normalized spacial score (nSPS) is 23.2. The number of rotatable bonds is 2. The molecule has 120 valence electrons. The zero-order valence-electron chi connectivity index (χ0n) is 13.2. The second kappa shape index (κ2) is 6.18. The number of hydrogen-bond donors (Lipinski definition) is 1. The molecule has 0 fully saturated rings. The number of carbonyl (C=O) groups excluding carboxylic acids is 1. The predicted octanol–water partition coefficient (Wildman–Crippen LogP) is 5.27.